The summed E-state index contributed by atoms with van der Waals surface area (Å²) in [5, 5.41) is 0.603. The molecule has 0 unspecified atom stereocenters. The van der Waals surface area contributed by atoms with Gasteiger partial charge in [-0.15, -0.1) is 0 Å². The maximum Gasteiger partial charge on any atom is 0.298 e. The van der Waals surface area contributed by atoms with Crippen LogP contribution >= 0.6 is 0 Å². The first-order valence-electron chi connectivity index (χ1n) is 9.54. The first-order chi connectivity index (χ1) is 14.4. The Labute approximate surface area is 173 Å². The predicted molar refractivity (Wildman–Crippen MR) is 113 cm³/mol. The largest absolute Gasteiger partial charge is 0.460 e. The van der Waals surface area contributed by atoms with E-state index in [0.717, 1.165) is 6.42 Å². The Bertz CT molecular complexity index is 1080. The van der Waals surface area contributed by atoms with Crippen LogP contribution in [0.1, 0.15) is 47.4 Å². The topological polar surface area (TPSA) is 152 Å². The fourth-order valence-corrected chi connectivity index (χ4v) is 3.40. The van der Waals surface area contributed by atoms with E-state index in [1.54, 1.807) is 36.4 Å². The number of carbonyl (C=O) groups excluding carboxylic acids is 3. The van der Waals surface area contributed by atoms with Crippen molar-refractivity contribution in [2.45, 2.75) is 32.1 Å². The van der Waals surface area contributed by atoms with Crippen LogP contribution in [0.15, 0.2) is 40.8 Å². The molecule has 0 radical (unpaired) electrons. The number of primary amides is 1. The van der Waals surface area contributed by atoms with Gasteiger partial charge in [-0.3, -0.25) is 14.4 Å². The van der Waals surface area contributed by atoms with Crippen molar-refractivity contribution in [3.63, 3.8) is 0 Å². The van der Waals surface area contributed by atoms with Crippen molar-refractivity contribution in [3.8, 4) is 5.75 Å². The normalized spacial score (nSPS) is 10.8. The summed E-state index contributed by atoms with van der Waals surface area (Å²) < 4.78 is 10.8. The highest BCUT2D eigenvalue weighted by Crippen LogP contribution is 2.32. The van der Waals surface area contributed by atoms with Crippen LogP contribution in [0, 0.1) is 0 Å². The molecule has 0 atom stereocenters. The third kappa shape index (κ3) is 4.78. The van der Waals surface area contributed by atoms with Gasteiger partial charge in [-0.2, -0.15) is 0 Å². The summed E-state index contributed by atoms with van der Waals surface area (Å²) in [7, 11) is 0. The van der Waals surface area contributed by atoms with E-state index in [4.69, 9.17) is 26.4 Å². The van der Waals surface area contributed by atoms with Crippen LogP contribution in [0.2, 0.25) is 0 Å². The van der Waals surface area contributed by atoms with Crippen molar-refractivity contribution < 1.29 is 23.5 Å². The summed E-state index contributed by atoms with van der Waals surface area (Å²) in [5.41, 5.74) is 18.9. The van der Waals surface area contributed by atoms with E-state index < -0.39 is 0 Å². The molecule has 8 nitrogen and oxygen atoms in total. The monoisotopic (exact) mass is 409 g/mol. The molecule has 0 aliphatic heterocycles. The lowest BCUT2D eigenvalue weighted by Gasteiger charge is -2.06. The van der Waals surface area contributed by atoms with Crippen LogP contribution in [0.5, 0.6) is 5.75 Å². The van der Waals surface area contributed by atoms with E-state index in [1.165, 1.54) is 0 Å². The van der Waals surface area contributed by atoms with E-state index in [1.807, 2.05) is 0 Å². The zero-order valence-electron chi connectivity index (χ0n) is 16.4. The molecular weight excluding hydrogens is 386 g/mol. The Balaban J connectivity index is 1.97. The Morgan fingerprint density at radius 3 is 2.40 bits per heavy atom. The number of ether oxygens (including phenoxy) is 1. The van der Waals surface area contributed by atoms with Crippen LogP contribution in [0.4, 0.5) is 11.4 Å². The number of furan rings is 1. The number of ketones is 1. The number of amides is 1. The number of aryl methyl sites for hydroxylation is 1. The first-order valence-corrected chi connectivity index (χ1v) is 9.54. The number of nitrogens with two attached hydrogens (primary N) is 3. The van der Waals surface area contributed by atoms with Crippen LogP contribution in [-0.2, 0) is 16.0 Å². The van der Waals surface area contributed by atoms with Crippen molar-refractivity contribution in [2.75, 3.05) is 11.5 Å². The Morgan fingerprint density at radius 2 is 1.73 bits per heavy atom. The average molecular weight is 409 g/mol. The lowest BCUT2D eigenvalue weighted by molar-refractivity contribution is -0.121. The van der Waals surface area contributed by atoms with Crippen molar-refractivity contribution in [1.29, 1.82) is 0 Å². The SMILES string of the molecule is NC(=O)CCCCCc1oc2cc(OC=O)ccc2c1C(=O)c1cc(N)cc(N)c1. The number of rotatable bonds is 10. The molecule has 2 aromatic carbocycles. The van der Waals surface area contributed by atoms with E-state index in [-0.39, 0.29) is 11.7 Å². The van der Waals surface area contributed by atoms with Gasteiger partial charge in [0.05, 0.1) is 5.56 Å². The molecule has 1 aromatic heterocycles. The molecule has 3 aromatic rings. The number of anilines is 2. The summed E-state index contributed by atoms with van der Waals surface area (Å²) in [4.78, 5) is 34.8. The fraction of sp³-hybridized carbons (Fsp3) is 0.227. The molecule has 8 heteroatoms. The van der Waals surface area contributed by atoms with Gasteiger partial charge in [0.15, 0.2) is 5.78 Å². The number of nitrogen functional groups attached to an aromatic ring is 2. The van der Waals surface area contributed by atoms with Gasteiger partial charge in [0.25, 0.3) is 6.47 Å². The highest BCUT2D eigenvalue weighted by molar-refractivity contribution is 6.17. The molecule has 6 N–H and O–H groups in total. The second-order valence-corrected chi connectivity index (χ2v) is 7.02. The van der Waals surface area contributed by atoms with Crippen molar-refractivity contribution >= 4 is 40.5 Å². The molecule has 0 fully saturated rings. The average Bonchev–Trinajstić information content (AvgIpc) is 3.03. The summed E-state index contributed by atoms with van der Waals surface area (Å²) in [6.45, 7) is 0.325. The standard InChI is InChI=1S/C22H23N3O5/c23-14-8-13(9-15(24)10-14)22(28)21-17-7-6-16(29-12-26)11-19(17)30-18(21)4-2-1-3-5-20(25)27/h6-12H,1-5,23-24H2,(H2,25,27). The quantitative estimate of drug-likeness (QED) is 0.201. The molecule has 0 saturated heterocycles. The number of hydrogen-bond donors (Lipinski definition) is 3. The maximum absolute atomic E-state index is 13.3. The maximum atomic E-state index is 13.3. The third-order valence-corrected chi connectivity index (χ3v) is 4.71. The number of hydrogen-bond acceptors (Lipinski definition) is 7. The molecule has 0 aliphatic carbocycles. The molecule has 0 bridgehead atoms. The Hall–Kier alpha value is -3.81. The van der Waals surface area contributed by atoms with Gasteiger partial charge >= 0.3 is 0 Å². The zero-order valence-corrected chi connectivity index (χ0v) is 16.4. The van der Waals surface area contributed by atoms with Gasteiger partial charge in [-0.05, 0) is 43.2 Å². The van der Waals surface area contributed by atoms with Gasteiger partial charge in [0.2, 0.25) is 5.91 Å². The van der Waals surface area contributed by atoms with Crippen molar-refractivity contribution in [1.82, 2.24) is 0 Å². The van der Waals surface area contributed by atoms with Gasteiger partial charge in [0, 0.05) is 41.2 Å². The second kappa shape index (κ2) is 9.13. The molecule has 1 heterocycles. The molecule has 0 aliphatic rings. The third-order valence-electron chi connectivity index (χ3n) is 4.71. The van der Waals surface area contributed by atoms with Crippen molar-refractivity contribution in [3.05, 3.63) is 53.3 Å². The van der Waals surface area contributed by atoms with Gasteiger partial charge in [-0.25, -0.2) is 0 Å². The van der Waals surface area contributed by atoms with E-state index in [0.29, 0.717) is 77.1 Å². The van der Waals surface area contributed by atoms with Crippen LogP contribution < -0.4 is 21.9 Å². The first kappa shape index (κ1) is 20.9. The minimum absolute atomic E-state index is 0.260. The van der Waals surface area contributed by atoms with E-state index in [9.17, 15) is 14.4 Å². The fourth-order valence-electron chi connectivity index (χ4n) is 3.40. The minimum Gasteiger partial charge on any atom is -0.460 e. The zero-order chi connectivity index (χ0) is 21.7. The number of carbonyl (C=O) groups is 3. The summed E-state index contributed by atoms with van der Waals surface area (Å²) in [5.74, 6) is 0.227. The van der Waals surface area contributed by atoms with Crippen LogP contribution in [-0.4, -0.2) is 18.2 Å². The van der Waals surface area contributed by atoms with Crippen molar-refractivity contribution in [2.24, 2.45) is 5.73 Å². The Morgan fingerprint density at radius 1 is 1.00 bits per heavy atom. The number of benzene rings is 2. The number of unbranched alkanes of at least 4 members (excludes halogenated alkanes) is 2. The molecule has 3 rings (SSSR count). The highest BCUT2D eigenvalue weighted by Gasteiger charge is 2.23. The van der Waals surface area contributed by atoms with Crippen LogP contribution in [0.3, 0.4) is 0 Å². The highest BCUT2D eigenvalue weighted by atomic mass is 16.5. The smallest absolute Gasteiger partial charge is 0.298 e. The molecule has 30 heavy (non-hydrogen) atoms. The second-order valence-electron chi connectivity index (χ2n) is 7.02. The predicted octanol–water partition coefficient (Wildman–Crippen LogP) is 2.95. The molecule has 0 saturated carbocycles. The summed E-state index contributed by atoms with van der Waals surface area (Å²) in [6.07, 6.45) is 2.96. The Kier molecular flexibility index (Phi) is 6.36. The van der Waals surface area contributed by atoms with E-state index >= 15 is 0 Å². The van der Waals surface area contributed by atoms with Gasteiger partial charge in [-0.1, -0.05) is 6.42 Å². The van der Waals surface area contributed by atoms with Gasteiger partial charge in [0.1, 0.15) is 17.1 Å². The molecule has 0 spiro atoms. The summed E-state index contributed by atoms with van der Waals surface area (Å²) in [6, 6.07) is 9.54. The minimum atomic E-state index is -0.337. The molecular formula is C22H23N3O5. The molecule has 156 valence electrons. The van der Waals surface area contributed by atoms with Crippen LogP contribution in [0.25, 0.3) is 11.0 Å². The lowest BCUT2D eigenvalue weighted by Crippen LogP contribution is -2.09. The molecule has 1 amide bonds. The lowest BCUT2D eigenvalue weighted by atomic mass is 9.97. The van der Waals surface area contributed by atoms with Gasteiger partial charge < -0.3 is 26.4 Å². The number of fused-ring (bicyclic) bond motifs is 1. The van der Waals surface area contributed by atoms with E-state index in [2.05, 4.69) is 0 Å². The summed E-state index contributed by atoms with van der Waals surface area (Å²) >= 11 is 0.